The van der Waals surface area contributed by atoms with Crippen LogP contribution in [0.1, 0.15) is 10.4 Å². The summed E-state index contributed by atoms with van der Waals surface area (Å²) in [5, 5.41) is 19.7. The summed E-state index contributed by atoms with van der Waals surface area (Å²) in [7, 11) is 0. The Hall–Kier alpha value is -2.99. The summed E-state index contributed by atoms with van der Waals surface area (Å²) >= 11 is 2.14. The monoisotopic (exact) mass is 441 g/mol. The van der Waals surface area contributed by atoms with Gasteiger partial charge in [-0.2, -0.15) is 23.4 Å². The van der Waals surface area contributed by atoms with Crippen molar-refractivity contribution >= 4 is 45.8 Å². The van der Waals surface area contributed by atoms with E-state index in [0.29, 0.717) is 19.8 Å². The Balaban J connectivity index is 1.78. The van der Waals surface area contributed by atoms with Crippen LogP contribution in [-0.4, -0.2) is 27.8 Å². The van der Waals surface area contributed by atoms with Crippen molar-refractivity contribution in [2.75, 3.05) is 11.9 Å². The second kappa shape index (κ2) is 8.57. The Morgan fingerprint density at radius 1 is 1.34 bits per heavy atom. The number of hydrogen-bond acceptors (Lipinski definition) is 8. The molecule has 0 aliphatic rings. The van der Waals surface area contributed by atoms with Crippen molar-refractivity contribution in [3.05, 3.63) is 54.4 Å². The van der Waals surface area contributed by atoms with Crippen LogP contribution in [0.4, 0.5) is 24.0 Å². The molecule has 2 heterocycles. The number of halogens is 3. The quantitative estimate of drug-likeness (QED) is 0.529. The number of alkyl halides is 3. The lowest BCUT2D eigenvalue weighted by Crippen LogP contribution is -2.21. The maximum Gasteiger partial charge on any atom is 0.405 e. The number of aromatic nitrogens is 2. The van der Waals surface area contributed by atoms with Gasteiger partial charge in [0.15, 0.2) is 5.13 Å². The lowest BCUT2D eigenvalue weighted by Gasteiger charge is -2.05. The molecule has 0 amide bonds. The predicted octanol–water partition coefficient (Wildman–Crippen LogP) is 3.23. The molecule has 3 N–H and O–H groups in total. The molecule has 0 saturated heterocycles. The smallest absolute Gasteiger partial charge is 0.405 e. The molecule has 3 rings (SSSR count). The largest absolute Gasteiger partial charge is 0.508 e. The third-order valence-corrected chi connectivity index (χ3v) is 5.29. The standard InChI is InChI=1S/C17H14F3N5O2S2/c1-9-4-10(26)2-3-12(9)25-23-7-14-24-15(27)13(29-14)5-11-6-21-16(28-11)22-8-17(18,19)20/h2-7,26H,8H2,1H3,(H,21,22)(H,24,27). The molecule has 0 aliphatic heterocycles. The van der Waals surface area contributed by atoms with Gasteiger partial charge in [0.2, 0.25) is 0 Å². The molecule has 0 bridgehead atoms. The number of phenolic OH excluding ortho intramolecular Hbond substituents is 1. The number of rotatable bonds is 5. The van der Waals surface area contributed by atoms with Crippen molar-refractivity contribution in [3.8, 4) is 5.75 Å². The lowest BCUT2D eigenvalue weighted by molar-refractivity contribution is -0.115. The summed E-state index contributed by atoms with van der Waals surface area (Å²) in [6, 6.07) is 4.67. The van der Waals surface area contributed by atoms with Crippen molar-refractivity contribution in [1.29, 1.82) is 0 Å². The molecule has 3 aromatic rings. The minimum atomic E-state index is -4.33. The highest BCUT2D eigenvalue weighted by Crippen LogP contribution is 2.23. The van der Waals surface area contributed by atoms with Crippen molar-refractivity contribution < 1.29 is 18.3 Å². The van der Waals surface area contributed by atoms with Crippen LogP contribution < -0.4 is 20.1 Å². The number of aryl methyl sites for hydroxylation is 1. The lowest BCUT2D eigenvalue weighted by atomic mass is 10.2. The molecule has 1 aromatic carbocycles. The molecule has 0 atom stereocenters. The van der Waals surface area contributed by atoms with Gasteiger partial charge in [-0.1, -0.05) is 11.3 Å². The number of hydrogen-bond donors (Lipinski definition) is 3. The first-order valence-electron chi connectivity index (χ1n) is 8.07. The highest BCUT2D eigenvalue weighted by Gasteiger charge is 2.27. The minimum Gasteiger partial charge on any atom is -0.508 e. The topological polar surface area (TPSA) is 103 Å². The first-order valence-corrected chi connectivity index (χ1v) is 9.71. The highest BCUT2D eigenvalue weighted by molar-refractivity contribution is 7.16. The molecule has 152 valence electrons. The molecular weight excluding hydrogens is 427 g/mol. The van der Waals surface area contributed by atoms with Crippen LogP contribution in [0.2, 0.25) is 0 Å². The molecule has 7 nitrogen and oxygen atoms in total. The van der Waals surface area contributed by atoms with Crippen molar-refractivity contribution in [1.82, 2.24) is 9.97 Å². The van der Waals surface area contributed by atoms with Crippen molar-refractivity contribution in [2.45, 2.75) is 13.1 Å². The summed E-state index contributed by atoms with van der Waals surface area (Å²) < 4.78 is 37.5. The molecule has 12 heteroatoms. The number of nitrogens with one attached hydrogen (secondary N) is 2. The van der Waals surface area contributed by atoms with Crippen LogP contribution in [0, 0.1) is 6.92 Å². The SMILES string of the molecule is Cc1cc(O)ccc1N=NC=c1[nH]c(=O)c(=Cc2cnc(NCC(F)(F)F)s2)s1. The average Bonchev–Trinajstić information content (AvgIpc) is 3.21. The molecule has 0 aliphatic carbocycles. The van der Waals surface area contributed by atoms with Gasteiger partial charge in [0.05, 0.1) is 21.3 Å². The van der Waals surface area contributed by atoms with Gasteiger partial charge in [0.1, 0.15) is 17.0 Å². The number of nitrogens with zero attached hydrogens (tertiary/aromatic N) is 3. The van der Waals surface area contributed by atoms with E-state index in [1.54, 1.807) is 25.1 Å². The minimum absolute atomic E-state index is 0.117. The van der Waals surface area contributed by atoms with E-state index < -0.39 is 12.7 Å². The molecule has 0 fully saturated rings. The Kier molecular flexibility index (Phi) is 6.13. The van der Waals surface area contributed by atoms with E-state index in [0.717, 1.165) is 28.2 Å². The molecule has 2 aromatic heterocycles. The zero-order valence-electron chi connectivity index (χ0n) is 14.8. The normalized spacial score (nSPS) is 13.5. The Bertz CT molecular complexity index is 1210. The van der Waals surface area contributed by atoms with E-state index in [-0.39, 0.29) is 16.4 Å². The highest BCUT2D eigenvalue weighted by atomic mass is 32.1. The Morgan fingerprint density at radius 3 is 2.86 bits per heavy atom. The van der Waals surface area contributed by atoms with Gasteiger partial charge in [-0.25, -0.2) is 4.98 Å². The fourth-order valence-corrected chi connectivity index (χ4v) is 3.79. The summed E-state index contributed by atoms with van der Waals surface area (Å²) in [6.07, 6.45) is -0.0190. The van der Waals surface area contributed by atoms with Crippen LogP contribution in [0.25, 0.3) is 12.3 Å². The molecule has 29 heavy (non-hydrogen) atoms. The fraction of sp³-hybridized carbons (Fsp3) is 0.176. The molecule has 0 saturated carbocycles. The average molecular weight is 441 g/mol. The maximum absolute atomic E-state index is 12.2. The molecular formula is C17H14F3N5O2S2. The van der Waals surface area contributed by atoms with E-state index in [1.165, 1.54) is 18.5 Å². The summed E-state index contributed by atoms with van der Waals surface area (Å²) in [6.45, 7) is 0.602. The van der Waals surface area contributed by atoms with Crippen LogP contribution in [0.5, 0.6) is 5.75 Å². The number of thiazole rings is 2. The van der Waals surface area contributed by atoms with Gasteiger partial charge in [-0.05, 0) is 36.8 Å². The van der Waals surface area contributed by atoms with Crippen LogP contribution >= 0.6 is 22.7 Å². The first kappa shape index (κ1) is 20.7. The molecule has 0 spiro atoms. The number of aromatic amines is 1. The Morgan fingerprint density at radius 2 is 2.14 bits per heavy atom. The summed E-state index contributed by atoms with van der Waals surface area (Å²) in [4.78, 5) is 19.1. The Labute approximate surface area is 169 Å². The maximum atomic E-state index is 12.2. The van der Waals surface area contributed by atoms with Crippen LogP contribution in [0.15, 0.2) is 39.4 Å². The van der Waals surface area contributed by atoms with E-state index in [2.05, 4.69) is 25.5 Å². The molecule has 0 unspecified atom stereocenters. The fourth-order valence-electron chi connectivity index (χ4n) is 2.15. The van der Waals surface area contributed by atoms with E-state index in [9.17, 15) is 23.1 Å². The predicted molar refractivity (Wildman–Crippen MR) is 106 cm³/mol. The number of phenols is 1. The number of H-pyrrole nitrogens is 1. The summed E-state index contributed by atoms with van der Waals surface area (Å²) in [5.74, 6) is 0.132. The van der Waals surface area contributed by atoms with Gasteiger partial charge < -0.3 is 15.4 Å². The van der Waals surface area contributed by atoms with Gasteiger partial charge in [0.25, 0.3) is 5.56 Å². The number of anilines is 1. The zero-order valence-corrected chi connectivity index (χ0v) is 16.5. The van der Waals surface area contributed by atoms with Gasteiger partial charge in [-0.15, -0.1) is 11.3 Å². The first-order chi connectivity index (χ1) is 13.7. The second-order valence-corrected chi connectivity index (χ2v) is 7.93. The number of aromatic hydroxyl groups is 1. The molecule has 0 radical (unpaired) electrons. The van der Waals surface area contributed by atoms with Gasteiger partial charge in [0, 0.05) is 6.20 Å². The van der Waals surface area contributed by atoms with Crippen molar-refractivity contribution in [3.63, 3.8) is 0 Å². The van der Waals surface area contributed by atoms with Gasteiger partial charge in [-0.3, -0.25) is 4.79 Å². The van der Waals surface area contributed by atoms with Crippen LogP contribution in [0.3, 0.4) is 0 Å². The number of azo groups is 1. The van der Waals surface area contributed by atoms with E-state index >= 15 is 0 Å². The third kappa shape index (κ3) is 5.99. The van der Waals surface area contributed by atoms with E-state index in [4.69, 9.17) is 0 Å². The number of benzene rings is 1. The zero-order chi connectivity index (χ0) is 21.0. The third-order valence-electron chi connectivity index (χ3n) is 3.44. The van der Waals surface area contributed by atoms with Gasteiger partial charge >= 0.3 is 6.18 Å². The van der Waals surface area contributed by atoms with E-state index in [1.807, 2.05) is 0 Å². The summed E-state index contributed by atoms with van der Waals surface area (Å²) in [5.41, 5.74) is 0.972. The van der Waals surface area contributed by atoms with Crippen LogP contribution in [-0.2, 0) is 0 Å². The second-order valence-electron chi connectivity index (χ2n) is 5.78. The van der Waals surface area contributed by atoms with Crippen molar-refractivity contribution in [2.24, 2.45) is 10.2 Å².